The van der Waals surface area contributed by atoms with Gasteiger partial charge in [0, 0.05) is 22.7 Å². The molecule has 0 unspecified atom stereocenters. The standard InChI is InChI=1S/C22H18N2O/c25-22-18-12-4-3-11-17(18)21(16-7-1-2-8-16)24(22)19-13-5-9-15-10-6-14-23-20(15)19/h3-6,9-14H,1-2,7-8H2. The van der Waals surface area contributed by atoms with E-state index in [9.17, 15) is 4.79 Å². The zero-order chi connectivity index (χ0) is 16.8. The van der Waals surface area contributed by atoms with Crippen LogP contribution in [-0.2, 0) is 0 Å². The van der Waals surface area contributed by atoms with E-state index in [2.05, 4.69) is 11.1 Å². The summed E-state index contributed by atoms with van der Waals surface area (Å²) in [7, 11) is 0. The Bertz CT molecular complexity index is 1020. The number of hydrogen-bond acceptors (Lipinski definition) is 2. The normalized spacial score (nSPS) is 16.8. The molecular weight excluding hydrogens is 308 g/mol. The van der Waals surface area contributed by atoms with E-state index in [1.54, 1.807) is 6.20 Å². The highest BCUT2D eigenvalue weighted by Gasteiger charge is 2.36. The molecular formula is C22H18N2O. The lowest BCUT2D eigenvalue weighted by Crippen LogP contribution is -2.23. The first kappa shape index (κ1) is 14.4. The van der Waals surface area contributed by atoms with Gasteiger partial charge in [0.25, 0.3) is 5.91 Å². The first-order valence-electron chi connectivity index (χ1n) is 8.84. The van der Waals surface area contributed by atoms with Gasteiger partial charge in [0.05, 0.1) is 16.9 Å². The molecule has 1 aliphatic heterocycles. The maximum Gasteiger partial charge on any atom is 0.263 e. The van der Waals surface area contributed by atoms with Gasteiger partial charge in [-0.05, 0) is 49.5 Å². The van der Waals surface area contributed by atoms with Crippen LogP contribution in [0.3, 0.4) is 0 Å². The number of amides is 1. The van der Waals surface area contributed by atoms with Crippen molar-refractivity contribution in [2.45, 2.75) is 25.7 Å². The maximum absolute atomic E-state index is 13.3. The van der Waals surface area contributed by atoms with Crippen molar-refractivity contribution in [1.29, 1.82) is 0 Å². The number of hydrogen-bond donors (Lipinski definition) is 0. The number of para-hydroxylation sites is 1. The largest absolute Gasteiger partial charge is 0.274 e. The SMILES string of the molecule is O=C1c2ccccc2C(=C2CCCC2)N1c1cccc2cccnc12. The highest BCUT2D eigenvalue weighted by atomic mass is 16.2. The van der Waals surface area contributed by atoms with Crippen molar-refractivity contribution in [3.63, 3.8) is 0 Å². The predicted molar refractivity (Wildman–Crippen MR) is 100 cm³/mol. The highest BCUT2D eigenvalue weighted by molar-refractivity contribution is 6.24. The van der Waals surface area contributed by atoms with Crippen molar-refractivity contribution in [3.05, 3.63) is 77.5 Å². The molecule has 2 aliphatic rings. The van der Waals surface area contributed by atoms with Crippen molar-refractivity contribution < 1.29 is 4.79 Å². The molecule has 0 radical (unpaired) electrons. The topological polar surface area (TPSA) is 33.2 Å². The van der Waals surface area contributed by atoms with E-state index in [-0.39, 0.29) is 5.91 Å². The Balaban J connectivity index is 1.80. The van der Waals surface area contributed by atoms with E-state index in [0.29, 0.717) is 0 Å². The zero-order valence-electron chi connectivity index (χ0n) is 13.9. The average Bonchev–Trinajstić information content (AvgIpc) is 3.28. The van der Waals surface area contributed by atoms with Crippen molar-refractivity contribution in [2.75, 3.05) is 4.90 Å². The Morgan fingerprint density at radius 3 is 2.44 bits per heavy atom. The van der Waals surface area contributed by atoms with E-state index in [0.717, 1.165) is 46.3 Å². The van der Waals surface area contributed by atoms with Crippen LogP contribution in [0.2, 0.25) is 0 Å². The number of nitrogens with zero attached hydrogens (tertiary/aromatic N) is 2. The number of carbonyl (C=O) groups excluding carboxylic acids is 1. The number of anilines is 1. The lowest BCUT2D eigenvalue weighted by Gasteiger charge is -2.22. The lowest BCUT2D eigenvalue weighted by molar-refractivity contribution is 0.101. The second-order valence-corrected chi connectivity index (χ2v) is 6.70. The van der Waals surface area contributed by atoms with Gasteiger partial charge in [-0.3, -0.25) is 14.7 Å². The summed E-state index contributed by atoms with van der Waals surface area (Å²) >= 11 is 0. The minimum absolute atomic E-state index is 0.0585. The zero-order valence-corrected chi connectivity index (χ0v) is 13.9. The molecule has 122 valence electrons. The molecule has 3 nitrogen and oxygen atoms in total. The quantitative estimate of drug-likeness (QED) is 0.617. The van der Waals surface area contributed by atoms with E-state index in [1.165, 1.54) is 18.4 Å². The molecule has 2 heterocycles. The van der Waals surface area contributed by atoms with Gasteiger partial charge in [0.1, 0.15) is 0 Å². The fraction of sp³-hybridized carbons (Fsp3) is 0.182. The van der Waals surface area contributed by atoms with Crippen molar-refractivity contribution in [3.8, 4) is 0 Å². The van der Waals surface area contributed by atoms with Crippen molar-refractivity contribution in [1.82, 2.24) is 4.98 Å². The Morgan fingerprint density at radius 2 is 1.60 bits per heavy atom. The Labute approximate surface area is 146 Å². The summed E-state index contributed by atoms with van der Waals surface area (Å²) in [5, 5.41) is 1.06. The maximum atomic E-state index is 13.3. The van der Waals surface area contributed by atoms with Crippen LogP contribution in [0.4, 0.5) is 5.69 Å². The van der Waals surface area contributed by atoms with E-state index < -0.39 is 0 Å². The van der Waals surface area contributed by atoms with Crippen molar-refractivity contribution >= 4 is 28.2 Å². The Kier molecular flexibility index (Phi) is 3.20. The van der Waals surface area contributed by atoms with E-state index in [1.807, 2.05) is 53.4 Å². The average molecular weight is 326 g/mol. The summed E-state index contributed by atoms with van der Waals surface area (Å²) < 4.78 is 0. The number of benzene rings is 2. The fourth-order valence-corrected chi connectivity index (χ4v) is 4.10. The minimum atomic E-state index is 0.0585. The highest BCUT2D eigenvalue weighted by Crippen LogP contribution is 2.44. The van der Waals surface area contributed by atoms with Gasteiger partial charge in [0.2, 0.25) is 0 Å². The van der Waals surface area contributed by atoms with Crippen molar-refractivity contribution in [2.24, 2.45) is 0 Å². The monoisotopic (exact) mass is 326 g/mol. The predicted octanol–water partition coefficient (Wildman–Crippen LogP) is 5.18. The van der Waals surface area contributed by atoms with E-state index in [4.69, 9.17) is 0 Å². The molecule has 5 rings (SSSR count). The van der Waals surface area contributed by atoms with Crippen LogP contribution in [0, 0.1) is 0 Å². The number of aromatic nitrogens is 1. The molecule has 0 bridgehead atoms. The molecule has 0 saturated heterocycles. The molecule has 3 heteroatoms. The van der Waals surface area contributed by atoms with Crippen LogP contribution in [0.15, 0.2) is 66.4 Å². The summed E-state index contributed by atoms with van der Waals surface area (Å²) in [5.41, 5.74) is 6.11. The molecule has 2 aromatic carbocycles. The van der Waals surface area contributed by atoms with Crippen LogP contribution >= 0.6 is 0 Å². The van der Waals surface area contributed by atoms with Crippen LogP contribution in [0.5, 0.6) is 0 Å². The molecule has 1 saturated carbocycles. The van der Waals surface area contributed by atoms with E-state index >= 15 is 0 Å². The molecule has 3 aromatic rings. The summed E-state index contributed by atoms with van der Waals surface area (Å²) in [6.45, 7) is 0. The third kappa shape index (κ3) is 2.12. The van der Waals surface area contributed by atoms with Gasteiger partial charge >= 0.3 is 0 Å². The Morgan fingerprint density at radius 1 is 0.840 bits per heavy atom. The smallest absolute Gasteiger partial charge is 0.263 e. The molecule has 1 fully saturated rings. The first-order chi connectivity index (χ1) is 12.3. The number of allylic oxidation sites excluding steroid dienone is 1. The third-order valence-electron chi connectivity index (χ3n) is 5.23. The molecule has 25 heavy (non-hydrogen) atoms. The van der Waals surface area contributed by atoms with Crippen LogP contribution < -0.4 is 4.90 Å². The van der Waals surface area contributed by atoms with Gasteiger partial charge in [0.15, 0.2) is 0 Å². The summed E-state index contributed by atoms with van der Waals surface area (Å²) in [4.78, 5) is 19.7. The second kappa shape index (κ2) is 5.55. The first-order valence-corrected chi connectivity index (χ1v) is 8.84. The van der Waals surface area contributed by atoms with Crippen LogP contribution in [0.25, 0.3) is 16.6 Å². The molecule has 1 aromatic heterocycles. The van der Waals surface area contributed by atoms with Gasteiger partial charge in [-0.1, -0.05) is 36.4 Å². The van der Waals surface area contributed by atoms with Gasteiger partial charge in [-0.15, -0.1) is 0 Å². The lowest BCUT2D eigenvalue weighted by atomic mass is 10.0. The third-order valence-corrected chi connectivity index (χ3v) is 5.23. The van der Waals surface area contributed by atoms with Gasteiger partial charge in [-0.2, -0.15) is 0 Å². The number of fused-ring (bicyclic) bond motifs is 2. The Hall–Kier alpha value is -2.94. The summed E-state index contributed by atoms with van der Waals surface area (Å²) in [6.07, 6.45) is 6.35. The van der Waals surface area contributed by atoms with Crippen LogP contribution in [0.1, 0.15) is 41.6 Å². The van der Waals surface area contributed by atoms with Crippen LogP contribution in [-0.4, -0.2) is 10.9 Å². The second-order valence-electron chi connectivity index (χ2n) is 6.70. The number of pyridine rings is 1. The minimum Gasteiger partial charge on any atom is -0.274 e. The molecule has 1 aliphatic carbocycles. The molecule has 0 N–H and O–H groups in total. The fourth-order valence-electron chi connectivity index (χ4n) is 4.10. The molecule has 0 spiro atoms. The van der Waals surface area contributed by atoms with Gasteiger partial charge < -0.3 is 0 Å². The molecule has 0 atom stereocenters. The van der Waals surface area contributed by atoms with Gasteiger partial charge in [-0.25, -0.2) is 0 Å². The molecule has 1 amide bonds. The summed E-state index contributed by atoms with van der Waals surface area (Å²) in [5.74, 6) is 0.0585. The number of rotatable bonds is 1. The summed E-state index contributed by atoms with van der Waals surface area (Å²) in [6, 6.07) is 18.0. The number of carbonyl (C=O) groups is 1.